The highest BCUT2D eigenvalue weighted by Crippen LogP contribution is 2.38. The fourth-order valence-corrected chi connectivity index (χ4v) is 3.75. The van der Waals surface area contributed by atoms with Gasteiger partial charge in [0.25, 0.3) is 0 Å². The first-order valence-corrected chi connectivity index (χ1v) is 8.31. The topological polar surface area (TPSA) is 38.7 Å². The summed E-state index contributed by atoms with van der Waals surface area (Å²) in [6, 6.07) is 6.08. The van der Waals surface area contributed by atoms with E-state index >= 15 is 0 Å². The molecule has 0 spiro atoms. The van der Waals surface area contributed by atoms with Gasteiger partial charge in [-0.05, 0) is 44.4 Å². The molecule has 0 radical (unpaired) electrons. The van der Waals surface area contributed by atoms with Crippen molar-refractivity contribution in [3.05, 3.63) is 29.3 Å². The molecule has 0 bridgehead atoms. The highest BCUT2D eigenvalue weighted by molar-refractivity contribution is 6.14. The van der Waals surface area contributed by atoms with Crippen molar-refractivity contribution in [3.63, 3.8) is 0 Å². The molecule has 0 amide bonds. The molecule has 1 aromatic rings. The van der Waals surface area contributed by atoms with Crippen molar-refractivity contribution in [2.24, 2.45) is 10.9 Å². The van der Waals surface area contributed by atoms with Crippen LogP contribution >= 0.6 is 0 Å². The number of nitrogens with zero attached hydrogens (tertiary/aromatic N) is 1. The molecule has 0 saturated heterocycles. The van der Waals surface area contributed by atoms with Gasteiger partial charge in [0.2, 0.25) is 0 Å². The van der Waals surface area contributed by atoms with Crippen molar-refractivity contribution >= 4 is 11.5 Å². The third kappa shape index (κ3) is 2.81. The van der Waals surface area contributed by atoms with Crippen molar-refractivity contribution in [3.8, 4) is 5.75 Å². The second-order valence-electron chi connectivity index (χ2n) is 7.01. The predicted octanol–water partition coefficient (Wildman–Crippen LogP) is 4.27. The lowest BCUT2D eigenvalue weighted by Gasteiger charge is -2.20. The van der Waals surface area contributed by atoms with Gasteiger partial charge in [-0.1, -0.05) is 25.3 Å². The van der Waals surface area contributed by atoms with Crippen LogP contribution in [0.1, 0.15) is 63.5 Å². The normalized spacial score (nSPS) is 20.4. The fraction of sp³-hybridized carbons (Fsp3) is 0.579. The number of ketones is 1. The van der Waals surface area contributed by atoms with Gasteiger partial charge in [0.05, 0.1) is 18.4 Å². The summed E-state index contributed by atoms with van der Waals surface area (Å²) in [7, 11) is 1.67. The maximum atomic E-state index is 12.6. The van der Waals surface area contributed by atoms with E-state index in [1.54, 1.807) is 7.11 Å². The Kier molecular flexibility index (Phi) is 4.07. The lowest BCUT2D eigenvalue weighted by Crippen LogP contribution is -2.20. The molecule has 1 saturated carbocycles. The summed E-state index contributed by atoms with van der Waals surface area (Å²) >= 11 is 0. The van der Waals surface area contributed by atoms with Gasteiger partial charge in [0, 0.05) is 17.9 Å². The van der Waals surface area contributed by atoms with Gasteiger partial charge in [-0.15, -0.1) is 0 Å². The van der Waals surface area contributed by atoms with Crippen LogP contribution in [-0.2, 0) is 10.3 Å². The molecule has 3 rings (SSSR count). The minimum Gasteiger partial charge on any atom is -0.497 e. The molecule has 0 atom stereocenters. The average molecular weight is 299 g/mol. The van der Waals surface area contributed by atoms with Crippen molar-refractivity contribution in [1.82, 2.24) is 0 Å². The Labute approximate surface area is 132 Å². The fourth-order valence-electron chi connectivity index (χ4n) is 3.75. The molecular formula is C19H25NO2. The van der Waals surface area contributed by atoms with Crippen molar-refractivity contribution in [1.29, 1.82) is 0 Å². The summed E-state index contributed by atoms with van der Waals surface area (Å²) in [5, 5.41) is 0. The first kappa shape index (κ1) is 15.3. The van der Waals surface area contributed by atoms with Crippen LogP contribution in [0.3, 0.4) is 0 Å². The third-order valence-electron chi connectivity index (χ3n) is 5.01. The molecular weight excluding hydrogens is 274 g/mol. The number of carbonyl (C=O) groups excluding carboxylic acids is 1. The summed E-state index contributed by atoms with van der Waals surface area (Å²) in [6.07, 6.45) is 6.24. The summed E-state index contributed by atoms with van der Waals surface area (Å²) in [5.41, 5.74) is 2.98. The summed E-state index contributed by atoms with van der Waals surface area (Å²) in [5.74, 6) is 1.44. The quantitative estimate of drug-likeness (QED) is 0.832. The highest BCUT2D eigenvalue weighted by atomic mass is 16.5. The molecule has 2 aliphatic rings. The lowest BCUT2D eigenvalue weighted by molar-refractivity contribution is -0.122. The maximum absolute atomic E-state index is 12.6. The number of hydrogen-bond donors (Lipinski definition) is 0. The van der Waals surface area contributed by atoms with E-state index in [0.29, 0.717) is 12.2 Å². The minimum atomic E-state index is -0.246. The highest BCUT2D eigenvalue weighted by Gasteiger charge is 2.33. The van der Waals surface area contributed by atoms with E-state index in [1.165, 1.54) is 24.8 Å². The number of rotatable bonds is 4. The van der Waals surface area contributed by atoms with E-state index in [-0.39, 0.29) is 11.5 Å². The average Bonchev–Trinajstić information content (AvgIpc) is 2.78. The lowest BCUT2D eigenvalue weighted by atomic mass is 9.84. The molecule has 0 aromatic heterocycles. The van der Waals surface area contributed by atoms with E-state index in [9.17, 15) is 4.79 Å². The Balaban J connectivity index is 1.84. The van der Waals surface area contributed by atoms with Crippen molar-refractivity contribution in [2.75, 3.05) is 7.11 Å². The molecule has 0 unspecified atom stereocenters. The van der Waals surface area contributed by atoms with Crippen LogP contribution < -0.4 is 4.74 Å². The summed E-state index contributed by atoms with van der Waals surface area (Å²) in [6.45, 7) is 4.22. The van der Waals surface area contributed by atoms with Crippen molar-refractivity contribution < 1.29 is 9.53 Å². The van der Waals surface area contributed by atoms with Gasteiger partial charge < -0.3 is 4.74 Å². The smallest absolute Gasteiger partial charge is 0.141 e. The second kappa shape index (κ2) is 5.86. The number of aliphatic imine (C=N–C) groups is 1. The number of benzene rings is 1. The van der Waals surface area contributed by atoms with Gasteiger partial charge in [-0.2, -0.15) is 0 Å². The van der Waals surface area contributed by atoms with E-state index < -0.39 is 0 Å². The zero-order valence-electron chi connectivity index (χ0n) is 13.8. The monoisotopic (exact) mass is 299 g/mol. The van der Waals surface area contributed by atoms with Crippen LogP contribution in [-0.4, -0.2) is 18.6 Å². The van der Waals surface area contributed by atoms with Gasteiger partial charge in [0.15, 0.2) is 0 Å². The standard InChI is InChI=1S/C19H25NO2/c1-19(2)16-10-9-14(22-3)11-15(16)17(20-19)12-18(21)13-7-5-4-6-8-13/h9-11,13H,4-8,12H2,1-3H3. The first-order valence-electron chi connectivity index (χ1n) is 8.31. The van der Waals surface area contributed by atoms with Crippen molar-refractivity contribution in [2.45, 2.75) is 57.9 Å². The van der Waals surface area contributed by atoms with Gasteiger partial charge in [-0.25, -0.2) is 0 Å². The molecule has 3 heteroatoms. The predicted molar refractivity (Wildman–Crippen MR) is 88.8 cm³/mol. The minimum absolute atomic E-state index is 0.245. The Morgan fingerprint density at radius 3 is 2.68 bits per heavy atom. The number of methoxy groups -OCH3 is 1. The van der Waals surface area contributed by atoms with E-state index in [4.69, 9.17) is 9.73 Å². The number of hydrogen-bond acceptors (Lipinski definition) is 3. The first-order chi connectivity index (χ1) is 10.5. The molecule has 3 nitrogen and oxygen atoms in total. The Bertz CT molecular complexity index is 610. The van der Waals surface area contributed by atoms with Crippen LogP contribution in [0, 0.1) is 5.92 Å². The largest absolute Gasteiger partial charge is 0.497 e. The number of ether oxygens (including phenoxy) is 1. The van der Waals surface area contributed by atoms with Gasteiger partial charge >= 0.3 is 0 Å². The molecule has 1 aliphatic heterocycles. The second-order valence-corrected chi connectivity index (χ2v) is 7.01. The maximum Gasteiger partial charge on any atom is 0.141 e. The molecule has 1 fully saturated rings. The summed E-state index contributed by atoms with van der Waals surface area (Å²) < 4.78 is 5.34. The van der Waals surface area contributed by atoms with E-state index in [1.807, 2.05) is 12.1 Å². The zero-order valence-corrected chi connectivity index (χ0v) is 13.8. The zero-order chi connectivity index (χ0) is 15.7. The third-order valence-corrected chi connectivity index (χ3v) is 5.01. The molecule has 1 aromatic carbocycles. The van der Waals surface area contributed by atoms with E-state index in [0.717, 1.165) is 29.9 Å². The van der Waals surface area contributed by atoms with Crippen LogP contribution in [0.25, 0.3) is 0 Å². The van der Waals surface area contributed by atoms with Gasteiger partial charge in [0.1, 0.15) is 11.5 Å². The van der Waals surface area contributed by atoms with Crippen LogP contribution in [0.5, 0.6) is 5.75 Å². The molecule has 118 valence electrons. The number of carbonyl (C=O) groups is 1. The molecule has 22 heavy (non-hydrogen) atoms. The van der Waals surface area contributed by atoms with E-state index in [2.05, 4.69) is 19.9 Å². The molecule has 1 heterocycles. The summed E-state index contributed by atoms with van der Waals surface area (Å²) in [4.78, 5) is 17.5. The Hall–Kier alpha value is -1.64. The van der Waals surface area contributed by atoms with Crippen LogP contribution in [0.2, 0.25) is 0 Å². The van der Waals surface area contributed by atoms with Gasteiger partial charge in [-0.3, -0.25) is 9.79 Å². The SMILES string of the molecule is COc1ccc2c(c1)C(CC(=O)C1CCCCC1)=NC2(C)C. The van der Waals surface area contributed by atoms with Crippen LogP contribution in [0.4, 0.5) is 0 Å². The Morgan fingerprint density at radius 2 is 2.00 bits per heavy atom. The van der Waals surface area contributed by atoms with Crippen LogP contribution in [0.15, 0.2) is 23.2 Å². The molecule has 1 aliphatic carbocycles. The Morgan fingerprint density at radius 1 is 1.27 bits per heavy atom. The molecule has 0 N–H and O–H groups in total. The number of Topliss-reactive ketones (excluding diaryl/α,β-unsaturated/α-hetero) is 1. The number of fused-ring (bicyclic) bond motifs is 1.